The Morgan fingerprint density at radius 1 is 1.30 bits per heavy atom. The summed E-state index contributed by atoms with van der Waals surface area (Å²) >= 11 is 0. The lowest BCUT2D eigenvalue weighted by Crippen LogP contribution is -2.23. The smallest absolute Gasteiger partial charge is 0.241 e. The van der Waals surface area contributed by atoms with E-state index in [9.17, 15) is 12.8 Å². The van der Waals surface area contributed by atoms with Crippen LogP contribution < -0.4 is 4.72 Å². The fraction of sp³-hybridized carbons (Fsp3) is 0.308. The minimum Gasteiger partial charge on any atom is -0.444 e. The summed E-state index contributed by atoms with van der Waals surface area (Å²) in [5.41, 5.74) is 0.993. The van der Waals surface area contributed by atoms with E-state index in [4.69, 9.17) is 4.42 Å². The number of nitrogens with one attached hydrogen (secondary N) is 1. The van der Waals surface area contributed by atoms with Crippen molar-refractivity contribution in [2.75, 3.05) is 0 Å². The SMILES string of the molecule is Cc1cc(S(=O)(=O)NCc2nc(C)c(C)o2)ccc1F. The minimum absolute atomic E-state index is 0.0106. The Hall–Kier alpha value is -1.73. The van der Waals surface area contributed by atoms with Crippen molar-refractivity contribution in [2.45, 2.75) is 32.2 Å². The highest BCUT2D eigenvalue weighted by atomic mass is 32.2. The van der Waals surface area contributed by atoms with Crippen LogP contribution in [0.5, 0.6) is 0 Å². The van der Waals surface area contributed by atoms with Gasteiger partial charge in [0.25, 0.3) is 0 Å². The Bertz CT molecular complexity index is 719. The van der Waals surface area contributed by atoms with Gasteiger partial charge in [-0.25, -0.2) is 22.5 Å². The lowest BCUT2D eigenvalue weighted by atomic mass is 10.2. The van der Waals surface area contributed by atoms with Crippen molar-refractivity contribution in [1.29, 1.82) is 0 Å². The van der Waals surface area contributed by atoms with Gasteiger partial charge in [0.05, 0.1) is 17.1 Å². The van der Waals surface area contributed by atoms with Crippen LogP contribution in [0.1, 0.15) is 22.9 Å². The van der Waals surface area contributed by atoms with Crippen LogP contribution in [0.4, 0.5) is 4.39 Å². The van der Waals surface area contributed by atoms with Crippen LogP contribution in [0.2, 0.25) is 0 Å². The summed E-state index contributed by atoms with van der Waals surface area (Å²) in [6.45, 7) is 4.99. The van der Waals surface area contributed by atoms with Crippen LogP contribution in [0.25, 0.3) is 0 Å². The number of nitrogens with zero attached hydrogens (tertiary/aromatic N) is 1. The molecule has 1 heterocycles. The summed E-state index contributed by atoms with van der Waals surface area (Å²) in [7, 11) is -3.72. The third-order valence-electron chi connectivity index (χ3n) is 2.93. The average molecular weight is 298 g/mol. The van der Waals surface area contributed by atoms with Crippen molar-refractivity contribution in [3.63, 3.8) is 0 Å². The Kier molecular flexibility index (Phi) is 3.92. The molecule has 2 rings (SSSR count). The van der Waals surface area contributed by atoms with Crippen LogP contribution in [0.3, 0.4) is 0 Å². The molecule has 1 aromatic carbocycles. The van der Waals surface area contributed by atoms with Crippen molar-refractivity contribution in [3.8, 4) is 0 Å². The van der Waals surface area contributed by atoms with Gasteiger partial charge in [-0.05, 0) is 44.5 Å². The summed E-state index contributed by atoms with van der Waals surface area (Å²) in [4.78, 5) is 4.10. The van der Waals surface area contributed by atoms with Gasteiger partial charge in [0.15, 0.2) is 0 Å². The van der Waals surface area contributed by atoms with Crippen LogP contribution in [0.15, 0.2) is 27.5 Å². The van der Waals surface area contributed by atoms with Crippen molar-refractivity contribution >= 4 is 10.0 Å². The molecule has 0 amide bonds. The molecule has 7 heteroatoms. The number of rotatable bonds is 4. The molecule has 0 bridgehead atoms. The first-order chi connectivity index (χ1) is 9.29. The van der Waals surface area contributed by atoms with Crippen LogP contribution in [-0.2, 0) is 16.6 Å². The molecular weight excluding hydrogens is 283 g/mol. The third-order valence-corrected chi connectivity index (χ3v) is 4.32. The summed E-state index contributed by atoms with van der Waals surface area (Å²) in [5, 5.41) is 0. The molecule has 108 valence electrons. The summed E-state index contributed by atoms with van der Waals surface area (Å²) in [5.74, 6) is 0.502. The lowest BCUT2D eigenvalue weighted by Gasteiger charge is -2.06. The van der Waals surface area contributed by atoms with Crippen LogP contribution >= 0.6 is 0 Å². The summed E-state index contributed by atoms with van der Waals surface area (Å²) in [6, 6.07) is 3.63. The van der Waals surface area contributed by atoms with Crippen molar-refractivity contribution in [1.82, 2.24) is 9.71 Å². The molecular formula is C13H15FN2O3S. The van der Waals surface area contributed by atoms with E-state index in [2.05, 4.69) is 9.71 Å². The van der Waals surface area contributed by atoms with E-state index < -0.39 is 15.8 Å². The molecule has 0 atom stereocenters. The molecule has 0 aliphatic rings. The number of benzene rings is 1. The zero-order valence-corrected chi connectivity index (χ0v) is 12.2. The van der Waals surface area contributed by atoms with Gasteiger partial charge in [-0.3, -0.25) is 0 Å². The quantitative estimate of drug-likeness (QED) is 0.939. The van der Waals surface area contributed by atoms with Crippen molar-refractivity contribution < 1.29 is 17.2 Å². The second-order valence-electron chi connectivity index (χ2n) is 4.48. The Morgan fingerprint density at radius 3 is 2.55 bits per heavy atom. The van der Waals surface area contributed by atoms with Gasteiger partial charge in [-0.15, -0.1) is 0 Å². The molecule has 1 aromatic heterocycles. The predicted octanol–water partition coefficient (Wildman–Crippen LogP) is 2.22. The molecule has 0 aliphatic heterocycles. The molecule has 20 heavy (non-hydrogen) atoms. The first-order valence-electron chi connectivity index (χ1n) is 5.98. The maximum Gasteiger partial charge on any atom is 0.241 e. The maximum atomic E-state index is 13.1. The van der Waals surface area contributed by atoms with Gasteiger partial charge in [0, 0.05) is 0 Å². The molecule has 0 unspecified atom stereocenters. The Morgan fingerprint density at radius 2 is 2.00 bits per heavy atom. The van der Waals surface area contributed by atoms with Gasteiger partial charge in [-0.2, -0.15) is 0 Å². The molecule has 0 aliphatic carbocycles. The normalized spacial score (nSPS) is 11.8. The highest BCUT2D eigenvalue weighted by Crippen LogP contribution is 2.15. The predicted molar refractivity (Wildman–Crippen MR) is 71.1 cm³/mol. The van der Waals surface area contributed by atoms with Gasteiger partial charge in [-0.1, -0.05) is 0 Å². The van der Waals surface area contributed by atoms with E-state index in [0.29, 0.717) is 11.7 Å². The molecule has 2 aromatic rings. The second kappa shape index (κ2) is 5.34. The van der Waals surface area contributed by atoms with Gasteiger partial charge in [0.2, 0.25) is 15.9 Å². The number of aryl methyl sites for hydroxylation is 3. The first-order valence-corrected chi connectivity index (χ1v) is 7.46. The number of hydrogen-bond acceptors (Lipinski definition) is 4. The Labute approximate surface area is 116 Å². The molecule has 0 saturated carbocycles. The zero-order chi connectivity index (χ0) is 14.9. The number of halogens is 1. The number of oxazole rings is 1. The number of aromatic nitrogens is 1. The lowest BCUT2D eigenvalue weighted by molar-refractivity contribution is 0.463. The van der Waals surface area contributed by atoms with Crippen molar-refractivity contribution in [3.05, 3.63) is 46.9 Å². The molecule has 0 spiro atoms. The highest BCUT2D eigenvalue weighted by molar-refractivity contribution is 7.89. The minimum atomic E-state index is -3.72. The molecule has 0 radical (unpaired) electrons. The Balaban J connectivity index is 2.16. The maximum absolute atomic E-state index is 13.1. The first kappa shape index (κ1) is 14.7. The number of hydrogen-bond donors (Lipinski definition) is 1. The molecule has 1 N–H and O–H groups in total. The average Bonchev–Trinajstić information content (AvgIpc) is 2.70. The van der Waals surface area contributed by atoms with E-state index in [1.54, 1.807) is 13.8 Å². The molecule has 0 saturated heterocycles. The monoisotopic (exact) mass is 298 g/mol. The standard InChI is InChI=1S/C13H15FN2O3S/c1-8-6-11(4-5-12(8)14)20(17,18)15-7-13-16-9(2)10(3)19-13/h4-6,15H,7H2,1-3H3. The fourth-order valence-corrected chi connectivity index (χ4v) is 2.70. The van der Waals surface area contributed by atoms with Crippen LogP contribution in [0, 0.1) is 26.6 Å². The van der Waals surface area contributed by atoms with Crippen molar-refractivity contribution in [2.24, 2.45) is 0 Å². The van der Waals surface area contributed by atoms with Gasteiger partial charge in [0.1, 0.15) is 11.6 Å². The summed E-state index contributed by atoms with van der Waals surface area (Å²) < 4.78 is 44.9. The topological polar surface area (TPSA) is 72.2 Å². The second-order valence-corrected chi connectivity index (χ2v) is 6.25. The summed E-state index contributed by atoms with van der Waals surface area (Å²) in [6.07, 6.45) is 0. The fourth-order valence-electron chi connectivity index (χ4n) is 1.64. The van der Waals surface area contributed by atoms with Gasteiger partial charge >= 0.3 is 0 Å². The van der Waals surface area contributed by atoms with E-state index in [-0.39, 0.29) is 17.0 Å². The van der Waals surface area contributed by atoms with Crippen LogP contribution in [-0.4, -0.2) is 13.4 Å². The molecule has 0 fully saturated rings. The van der Waals surface area contributed by atoms with E-state index in [0.717, 1.165) is 11.8 Å². The molecule has 5 nitrogen and oxygen atoms in total. The zero-order valence-electron chi connectivity index (χ0n) is 11.4. The van der Waals surface area contributed by atoms with Gasteiger partial charge < -0.3 is 4.42 Å². The largest absolute Gasteiger partial charge is 0.444 e. The van der Waals surface area contributed by atoms with E-state index in [1.165, 1.54) is 19.1 Å². The third kappa shape index (κ3) is 3.05. The van der Waals surface area contributed by atoms with E-state index >= 15 is 0 Å². The highest BCUT2D eigenvalue weighted by Gasteiger charge is 2.16. The van der Waals surface area contributed by atoms with E-state index in [1.807, 2.05) is 0 Å². The number of sulfonamides is 1.